The van der Waals surface area contributed by atoms with Gasteiger partial charge in [-0.05, 0) is 41.5 Å². The van der Waals surface area contributed by atoms with Gasteiger partial charge in [0.2, 0.25) is 0 Å². The highest BCUT2D eigenvalue weighted by atomic mass is 35.5. The molecule has 0 unspecified atom stereocenters. The molecule has 0 fully saturated rings. The predicted octanol–water partition coefficient (Wildman–Crippen LogP) is 4.45. The molecule has 158 valence electrons. The maximum absolute atomic E-state index is 12.1. The number of halogens is 2. The Kier molecular flexibility index (Phi) is 8.04. The van der Waals surface area contributed by atoms with E-state index in [1.807, 2.05) is 54.6 Å². The number of carbonyl (C=O) groups is 2. The van der Waals surface area contributed by atoms with E-state index in [9.17, 15) is 9.59 Å². The number of amides is 2. The highest BCUT2D eigenvalue weighted by molar-refractivity contribution is 6.42. The molecule has 0 saturated heterocycles. The Labute approximate surface area is 189 Å². The van der Waals surface area contributed by atoms with Crippen LogP contribution in [0.1, 0.15) is 21.5 Å². The topological polar surface area (TPSA) is 79.8 Å². The first-order chi connectivity index (χ1) is 15.0. The van der Waals surface area contributed by atoms with Gasteiger partial charge in [0.25, 0.3) is 11.8 Å². The van der Waals surface area contributed by atoms with Gasteiger partial charge in [0.1, 0.15) is 12.4 Å². The zero-order valence-electron chi connectivity index (χ0n) is 16.3. The van der Waals surface area contributed by atoms with Crippen LogP contribution in [0.4, 0.5) is 0 Å². The molecule has 3 aromatic carbocycles. The SMILES string of the molecule is O=C(CNC(=O)c1ccc(Cl)c(Cl)c1)N/N=C/c1cccc(OCc2ccccc2)c1. The second-order valence-electron chi connectivity index (χ2n) is 6.45. The van der Waals surface area contributed by atoms with Crippen molar-refractivity contribution in [1.82, 2.24) is 10.7 Å². The number of hydrogen-bond acceptors (Lipinski definition) is 4. The van der Waals surface area contributed by atoms with E-state index in [-0.39, 0.29) is 11.6 Å². The molecule has 2 amide bonds. The average molecular weight is 456 g/mol. The van der Waals surface area contributed by atoms with Gasteiger partial charge in [0.15, 0.2) is 0 Å². The molecule has 2 N–H and O–H groups in total. The number of carbonyl (C=O) groups excluding carboxylic acids is 2. The minimum Gasteiger partial charge on any atom is -0.489 e. The summed E-state index contributed by atoms with van der Waals surface area (Å²) in [6, 6.07) is 21.6. The Morgan fingerprint density at radius 3 is 2.52 bits per heavy atom. The second kappa shape index (κ2) is 11.2. The molecule has 0 aliphatic rings. The minimum absolute atomic E-state index is 0.239. The molecule has 0 aromatic heterocycles. The Morgan fingerprint density at radius 1 is 0.935 bits per heavy atom. The van der Waals surface area contributed by atoms with Gasteiger partial charge in [0.05, 0.1) is 22.8 Å². The lowest BCUT2D eigenvalue weighted by Crippen LogP contribution is -2.34. The Morgan fingerprint density at radius 2 is 1.74 bits per heavy atom. The summed E-state index contributed by atoms with van der Waals surface area (Å²) >= 11 is 11.7. The third kappa shape index (κ3) is 7.13. The van der Waals surface area contributed by atoms with Crippen LogP contribution in [0.2, 0.25) is 10.0 Å². The Balaban J connectivity index is 1.45. The van der Waals surface area contributed by atoms with Crippen LogP contribution in [0.25, 0.3) is 0 Å². The molecule has 0 saturated carbocycles. The summed E-state index contributed by atoms with van der Waals surface area (Å²) in [4.78, 5) is 24.0. The lowest BCUT2D eigenvalue weighted by atomic mass is 10.2. The maximum Gasteiger partial charge on any atom is 0.259 e. The number of nitrogens with one attached hydrogen (secondary N) is 2. The number of ether oxygens (including phenoxy) is 1. The van der Waals surface area contributed by atoms with Gasteiger partial charge in [-0.15, -0.1) is 0 Å². The van der Waals surface area contributed by atoms with Crippen molar-refractivity contribution in [1.29, 1.82) is 0 Å². The van der Waals surface area contributed by atoms with Crippen LogP contribution >= 0.6 is 23.2 Å². The summed E-state index contributed by atoms with van der Waals surface area (Å²) in [6.45, 7) is 0.216. The summed E-state index contributed by atoms with van der Waals surface area (Å²) in [7, 11) is 0. The highest BCUT2D eigenvalue weighted by Crippen LogP contribution is 2.22. The van der Waals surface area contributed by atoms with Gasteiger partial charge in [-0.3, -0.25) is 9.59 Å². The van der Waals surface area contributed by atoms with E-state index in [2.05, 4.69) is 15.8 Å². The molecule has 0 radical (unpaired) electrons. The molecule has 3 rings (SSSR count). The molecule has 0 spiro atoms. The van der Waals surface area contributed by atoms with Crippen molar-refractivity contribution in [3.05, 3.63) is 99.5 Å². The summed E-state index contributed by atoms with van der Waals surface area (Å²) in [6.07, 6.45) is 1.49. The first-order valence-corrected chi connectivity index (χ1v) is 10.1. The van der Waals surface area contributed by atoms with Crippen LogP contribution in [-0.2, 0) is 11.4 Å². The van der Waals surface area contributed by atoms with Crippen LogP contribution in [0, 0.1) is 0 Å². The molecule has 8 heteroatoms. The van der Waals surface area contributed by atoms with E-state index in [4.69, 9.17) is 27.9 Å². The van der Waals surface area contributed by atoms with Crippen LogP contribution in [-0.4, -0.2) is 24.6 Å². The fraction of sp³-hybridized carbons (Fsp3) is 0.0870. The predicted molar refractivity (Wildman–Crippen MR) is 122 cm³/mol. The van der Waals surface area contributed by atoms with E-state index >= 15 is 0 Å². The van der Waals surface area contributed by atoms with Crippen molar-refractivity contribution in [2.45, 2.75) is 6.61 Å². The molecule has 31 heavy (non-hydrogen) atoms. The van der Waals surface area contributed by atoms with Gasteiger partial charge in [0, 0.05) is 5.56 Å². The molecule has 0 aliphatic heterocycles. The number of benzene rings is 3. The molecule has 0 heterocycles. The first-order valence-electron chi connectivity index (χ1n) is 9.33. The molecule has 0 aliphatic carbocycles. The third-order valence-electron chi connectivity index (χ3n) is 4.10. The lowest BCUT2D eigenvalue weighted by Gasteiger charge is -2.07. The van der Waals surface area contributed by atoms with Crippen LogP contribution in [0.5, 0.6) is 5.75 Å². The molecule has 6 nitrogen and oxygen atoms in total. The monoisotopic (exact) mass is 455 g/mol. The van der Waals surface area contributed by atoms with Crippen molar-refractivity contribution in [3.63, 3.8) is 0 Å². The van der Waals surface area contributed by atoms with Crippen LogP contribution in [0.15, 0.2) is 77.9 Å². The summed E-state index contributed by atoms with van der Waals surface area (Å²) < 4.78 is 5.77. The van der Waals surface area contributed by atoms with Crippen LogP contribution in [0.3, 0.4) is 0 Å². The highest BCUT2D eigenvalue weighted by Gasteiger charge is 2.09. The number of nitrogens with zero attached hydrogens (tertiary/aromatic N) is 1. The fourth-order valence-electron chi connectivity index (χ4n) is 2.54. The summed E-state index contributed by atoms with van der Waals surface area (Å²) in [5.74, 6) is -0.227. The van der Waals surface area contributed by atoms with Gasteiger partial charge in [-0.2, -0.15) is 5.10 Å². The minimum atomic E-state index is -0.471. The Hall–Kier alpha value is -3.35. The van der Waals surface area contributed by atoms with Crippen molar-refractivity contribution >= 4 is 41.2 Å². The normalized spacial score (nSPS) is 10.6. The summed E-state index contributed by atoms with van der Waals surface area (Å²) in [5, 5.41) is 7.01. The van der Waals surface area contributed by atoms with Gasteiger partial charge in [-0.25, -0.2) is 5.43 Å². The van der Waals surface area contributed by atoms with Crippen molar-refractivity contribution in [2.24, 2.45) is 5.10 Å². The van der Waals surface area contributed by atoms with E-state index in [0.29, 0.717) is 22.9 Å². The third-order valence-corrected chi connectivity index (χ3v) is 4.84. The van der Waals surface area contributed by atoms with Crippen molar-refractivity contribution in [2.75, 3.05) is 6.54 Å². The number of rotatable bonds is 8. The molecule has 0 bridgehead atoms. The molecular formula is C23H19Cl2N3O3. The van der Waals surface area contributed by atoms with Gasteiger partial charge < -0.3 is 10.1 Å². The standard InChI is InChI=1S/C23H19Cl2N3O3/c24-20-10-9-18(12-21(20)25)23(30)26-14-22(29)28-27-13-17-7-4-8-19(11-17)31-15-16-5-2-1-3-6-16/h1-13H,14-15H2,(H,26,30)(H,28,29)/b27-13+. The van der Waals surface area contributed by atoms with E-state index in [1.165, 1.54) is 24.4 Å². The van der Waals surface area contributed by atoms with Crippen molar-refractivity contribution in [3.8, 4) is 5.75 Å². The van der Waals surface area contributed by atoms with Gasteiger partial charge in [-0.1, -0.05) is 65.7 Å². The maximum atomic E-state index is 12.1. The van der Waals surface area contributed by atoms with E-state index in [0.717, 1.165) is 11.1 Å². The molecular weight excluding hydrogens is 437 g/mol. The van der Waals surface area contributed by atoms with E-state index < -0.39 is 11.8 Å². The Bertz CT molecular complexity index is 1090. The average Bonchev–Trinajstić information content (AvgIpc) is 2.79. The lowest BCUT2D eigenvalue weighted by molar-refractivity contribution is -0.120. The number of hydrogen-bond donors (Lipinski definition) is 2. The zero-order valence-corrected chi connectivity index (χ0v) is 17.9. The number of hydrazone groups is 1. The largest absolute Gasteiger partial charge is 0.489 e. The van der Waals surface area contributed by atoms with E-state index in [1.54, 1.807) is 0 Å². The van der Waals surface area contributed by atoms with Crippen molar-refractivity contribution < 1.29 is 14.3 Å². The fourth-order valence-corrected chi connectivity index (χ4v) is 2.84. The molecule has 0 atom stereocenters. The van der Waals surface area contributed by atoms with Crippen LogP contribution < -0.4 is 15.5 Å². The van der Waals surface area contributed by atoms with Gasteiger partial charge >= 0.3 is 0 Å². The molecule has 3 aromatic rings. The first kappa shape index (κ1) is 22.3. The zero-order chi connectivity index (χ0) is 22.1. The quantitative estimate of drug-likeness (QED) is 0.388. The second-order valence-corrected chi connectivity index (χ2v) is 7.27. The summed E-state index contributed by atoms with van der Waals surface area (Å²) in [5.41, 5.74) is 4.49. The smallest absolute Gasteiger partial charge is 0.259 e.